The summed E-state index contributed by atoms with van der Waals surface area (Å²) in [6.07, 6.45) is 8.30. The highest BCUT2D eigenvalue weighted by atomic mass is 32.2. The number of carbonyl (C=O) groups excluding carboxylic acids is 4. The third-order valence-electron chi connectivity index (χ3n) is 10.3. The first-order chi connectivity index (χ1) is 19.3. The van der Waals surface area contributed by atoms with E-state index >= 15 is 0 Å². The van der Waals surface area contributed by atoms with Crippen molar-refractivity contribution in [1.29, 1.82) is 0 Å². The monoisotopic (exact) mass is 591 g/mol. The van der Waals surface area contributed by atoms with Crippen molar-refractivity contribution in [1.82, 2.24) is 5.32 Å². The Labute approximate surface area is 244 Å². The smallest absolute Gasteiger partial charge is 0.326 e. The zero-order valence-electron chi connectivity index (χ0n) is 23.9. The second-order valence-corrected chi connectivity index (χ2v) is 13.4. The lowest BCUT2D eigenvalue weighted by molar-refractivity contribution is -0.181. The number of thioether (sulfide) groups is 1. The number of allylic oxidation sites excluding steroid dienone is 4. The minimum atomic E-state index is -1.78. The summed E-state index contributed by atoms with van der Waals surface area (Å²) in [4.78, 5) is 61.2. The Morgan fingerprint density at radius 3 is 2.61 bits per heavy atom. The number of aliphatic hydroxyl groups excluding tert-OH is 1. The van der Waals surface area contributed by atoms with E-state index in [9.17, 15) is 39.3 Å². The van der Waals surface area contributed by atoms with Crippen molar-refractivity contribution < 1.29 is 44.0 Å². The molecular weight excluding hydrogens is 550 g/mol. The normalized spacial score (nSPS) is 36.3. The summed E-state index contributed by atoms with van der Waals surface area (Å²) in [5.74, 6) is -2.77. The molecule has 11 heteroatoms. The fraction of sp³-hybridized carbons (Fsp3) is 0.700. The van der Waals surface area contributed by atoms with Crippen LogP contribution in [-0.2, 0) is 28.7 Å². The Balaban J connectivity index is 1.36. The van der Waals surface area contributed by atoms with Crippen LogP contribution in [0.25, 0.3) is 0 Å². The highest BCUT2D eigenvalue weighted by Crippen LogP contribution is 2.67. The first-order valence-electron chi connectivity index (χ1n) is 14.3. The topological polar surface area (TPSA) is 167 Å². The highest BCUT2D eigenvalue weighted by Gasteiger charge is 2.68. The summed E-state index contributed by atoms with van der Waals surface area (Å²) in [5, 5.41) is 34.9. The molecule has 4 rings (SSSR count). The van der Waals surface area contributed by atoms with Gasteiger partial charge < -0.3 is 25.4 Å². The third kappa shape index (κ3) is 5.77. The van der Waals surface area contributed by atoms with E-state index in [0.717, 1.165) is 18.4 Å². The molecule has 3 fully saturated rings. The van der Waals surface area contributed by atoms with Gasteiger partial charge in [0.05, 0.1) is 12.5 Å². The van der Waals surface area contributed by atoms with Gasteiger partial charge in [-0.2, -0.15) is 11.8 Å². The predicted molar refractivity (Wildman–Crippen MR) is 151 cm³/mol. The summed E-state index contributed by atoms with van der Waals surface area (Å²) in [6, 6.07) is -1.05. The number of aliphatic hydroxyl groups is 2. The van der Waals surface area contributed by atoms with Gasteiger partial charge in [0.15, 0.2) is 12.4 Å². The van der Waals surface area contributed by atoms with Crippen molar-refractivity contribution in [3.63, 3.8) is 0 Å². The van der Waals surface area contributed by atoms with Crippen molar-refractivity contribution >= 4 is 41.2 Å². The molecule has 0 radical (unpaired) electrons. The number of hydrogen-bond donors (Lipinski definition) is 4. The molecule has 3 saturated carbocycles. The van der Waals surface area contributed by atoms with E-state index in [1.165, 1.54) is 11.8 Å². The molecule has 0 saturated heterocycles. The van der Waals surface area contributed by atoms with Crippen LogP contribution in [0.2, 0.25) is 0 Å². The maximum Gasteiger partial charge on any atom is 0.326 e. The van der Waals surface area contributed by atoms with Crippen LogP contribution in [0.5, 0.6) is 0 Å². The van der Waals surface area contributed by atoms with E-state index in [2.05, 4.69) is 12.2 Å². The number of esters is 1. The van der Waals surface area contributed by atoms with Crippen LogP contribution < -0.4 is 5.32 Å². The fourth-order valence-corrected chi connectivity index (χ4v) is 8.57. The van der Waals surface area contributed by atoms with E-state index in [0.29, 0.717) is 12.2 Å². The van der Waals surface area contributed by atoms with Crippen molar-refractivity contribution in [2.24, 2.45) is 28.6 Å². The molecule has 4 aliphatic rings. The molecular formula is C30H41NO9S. The molecule has 0 aromatic carbocycles. The molecule has 8 atom stereocenters. The molecule has 0 aromatic rings. The molecule has 0 aliphatic heterocycles. The number of hydrogen-bond acceptors (Lipinski definition) is 9. The summed E-state index contributed by atoms with van der Waals surface area (Å²) < 4.78 is 5.14. The van der Waals surface area contributed by atoms with Crippen LogP contribution in [0.4, 0.5) is 0 Å². The van der Waals surface area contributed by atoms with E-state index in [-0.39, 0.29) is 55.6 Å². The second kappa shape index (κ2) is 12.0. The van der Waals surface area contributed by atoms with Gasteiger partial charge in [-0.3, -0.25) is 19.2 Å². The first-order valence-corrected chi connectivity index (χ1v) is 15.7. The number of fused-ring (bicyclic) bond motifs is 5. The Kier molecular flexibility index (Phi) is 9.21. The van der Waals surface area contributed by atoms with Gasteiger partial charge in [-0.25, -0.2) is 4.79 Å². The molecule has 4 N–H and O–H groups in total. The maximum atomic E-state index is 13.4. The molecule has 0 spiro atoms. The number of carboxylic acids is 1. The number of Topliss-reactive ketones (excluding diaryl/α,β-unsaturated/α-hetero) is 1. The predicted octanol–water partition coefficient (Wildman–Crippen LogP) is 2.21. The van der Waals surface area contributed by atoms with E-state index in [4.69, 9.17) is 4.74 Å². The molecule has 41 heavy (non-hydrogen) atoms. The van der Waals surface area contributed by atoms with E-state index in [1.807, 2.05) is 19.3 Å². The first kappa shape index (κ1) is 31.4. The van der Waals surface area contributed by atoms with E-state index < -0.39 is 58.8 Å². The lowest BCUT2D eigenvalue weighted by Crippen LogP contribution is -2.61. The van der Waals surface area contributed by atoms with Crippen LogP contribution in [0.1, 0.15) is 65.2 Å². The number of nitrogens with one attached hydrogen (secondary N) is 1. The Hall–Kier alpha value is -2.50. The number of ether oxygens (including phenoxy) is 1. The van der Waals surface area contributed by atoms with E-state index in [1.54, 1.807) is 12.2 Å². The zero-order chi connectivity index (χ0) is 30.2. The number of carboxylic acid groups (broad SMARTS) is 1. The SMILES string of the molecule is CSCCC(NC(=O)CCC(=O)OCC(=O)[C@@]1(O)CCC2[C@@H]3CCC4=CC(=O)C=C[C@]4(C)C3C(O)C[C@@]21C)C(=O)O. The van der Waals surface area contributed by atoms with Crippen LogP contribution in [-0.4, -0.2) is 81.1 Å². The van der Waals surface area contributed by atoms with Crippen LogP contribution in [0.3, 0.4) is 0 Å². The molecule has 226 valence electrons. The number of rotatable bonds is 11. The molecule has 1 amide bonds. The number of aliphatic carboxylic acids is 1. The molecule has 0 aromatic heterocycles. The summed E-state index contributed by atoms with van der Waals surface area (Å²) in [6.45, 7) is 3.25. The lowest BCUT2D eigenvalue weighted by atomic mass is 9.46. The Bertz CT molecular complexity index is 1170. The molecule has 4 aliphatic carbocycles. The number of carbonyl (C=O) groups is 5. The standard InChI is InChI=1S/C30H41NO9S/c1-28-11-8-18(32)14-17(28)4-5-19-20-9-12-30(39,29(20,2)15-22(33)26(19)28)23(34)16-40-25(36)7-6-24(35)31-21(27(37)38)10-13-41-3/h8,11,14,19-22,26,33,39H,4-7,9-10,12-13,15-16H2,1-3H3,(H,31,35)(H,37,38)/t19-,20?,21?,22?,26?,28-,29-,30-/m0/s1. The zero-order valence-corrected chi connectivity index (χ0v) is 24.7. The largest absolute Gasteiger partial charge is 0.480 e. The van der Waals surface area contributed by atoms with Gasteiger partial charge in [-0.15, -0.1) is 0 Å². The van der Waals surface area contributed by atoms with Crippen molar-refractivity contribution in [2.75, 3.05) is 18.6 Å². The molecule has 4 unspecified atom stereocenters. The average Bonchev–Trinajstić information content (AvgIpc) is 3.19. The van der Waals surface area contributed by atoms with Crippen LogP contribution >= 0.6 is 11.8 Å². The van der Waals surface area contributed by atoms with Gasteiger partial charge in [0.25, 0.3) is 0 Å². The third-order valence-corrected chi connectivity index (χ3v) is 10.9. The van der Waals surface area contributed by atoms with Crippen LogP contribution in [0, 0.1) is 28.6 Å². The Morgan fingerprint density at radius 1 is 1.20 bits per heavy atom. The van der Waals surface area contributed by atoms with Gasteiger partial charge in [0.2, 0.25) is 11.7 Å². The van der Waals surface area contributed by atoms with Gasteiger partial charge in [0, 0.05) is 23.2 Å². The Morgan fingerprint density at radius 2 is 1.93 bits per heavy atom. The number of amides is 1. The minimum Gasteiger partial charge on any atom is -0.480 e. The molecule has 10 nitrogen and oxygen atoms in total. The maximum absolute atomic E-state index is 13.4. The summed E-state index contributed by atoms with van der Waals surface area (Å²) in [7, 11) is 0. The van der Waals surface area contributed by atoms with Crippen molar-refractivity contribution in [3.8, 4) is 0 Å². The van der Waals surface area contributed by atoms with Crippen molar-refractivity contribution in [3.05, 3.63) is 23.8 Å². The number of ketones is 2. The summed E-state index contributed by atoms with van der Waals surface area (Å²) in [5.41, 5.74) is -2.12. The minimum absolute atomic E-state index is 0.0260. The van der Waals surface area contributed by atoms with Gasteiger partial charge in [-0.05, 0) is 74.5 Å². The molecule has 0 heterocycles. The fourth-order valence-electron chi connectivity index (χ4n) is 8.10. The lowest BCUT2D eigenvalue weighted by Gasteiger charge is -2.59. The van der Waals surface area contributed by atoms with Crippen molar-refractivity contribution in [2.45, 2.75) is 83.0 Å². The highest BCUT2D eigenvalue weighted by molar-refractivity contribution is 7.98. The quantitative estimate of drug-likeness (QED) is 0.262. The van der Waals surface area contributed by atoms with Gasteiger partial charge in [0.1, 0.15) is 11.6 Å². The summed E-state index contributed by atoms with van der Waals surface area (Å²) >= 11 is 1.46. The molecule has 0 bridgehead atoms. The van der Waals surface area contributed by atoms with Gasteiger partial charge in [-0.1, -0.05) is 25.5 Å². The average molecular weight is 592 g/mol. The van der Waals surface area contributed by atoms with Gasteiger partial charge >= 0.3 is 11.9 Å². The second-order valence-electron chi connectivity index (χ2n) is 12.4. The van der Waals surface area contributed by atoms with Crippen LogP contribution in [0.15, 0.2) is 23.8 Å².